The van der Waals surface area contributed by atoms with Crippen molar-refractivity contribution in [3.8, 4) is 0 Å². The predicted molar refractivity (Wildman–Crippen MR) is 179 cm³/mol. The van der Waals surface area contributed by atoms with E-state index in [-0.39, 0.29) is 78.0 Å². The van der Waals surface area contributed by atoms with Crippen molar-refractivity contribution >= 4 is 23.8 Å². The fourth-order valence-electron chi connectivity index (χ4n) is 10.2. The number of hydrogen-bond donors (Lipinski definition) is 5. The van der Waals surface area contributed by atoms with Crippen molar-refractivity contribution in [3.63, 3.8) is 0 Å². The first-order chi connectivity index (χ1) is 22.8. The van der Waals surface area contributed by atoms with Gasteiger partial charge in [-0.15, -0.1) is 0 Å². The fraction of sp³-hybridized carbons (Fsp3) is 0.750. The molecule has 7 N–H and O–H groups in total. The molecule has 266 valence electrons. The number of nitrogens with one attached hydrogen (secondary N) is 1. The van der Waals surface area contributed by atoms with Crippen LogP contribution in [0.1, 0.15) is 122 Å². The molecule has 5 rings (SSSR count). The smallest absolute Gasteiger partial charge is 0.335 e. The molecule has 0 bridgehead atoms. The molecule has 4 aliphatic carbocycles. The summed E-state index contributed by atoms with van der Waals surface area (Å²) in [5, 5.41) is 24.4. The Morgan fingerprint density at radius 2 is 1.79 bits per heavy atom. The molecule has 1 heterocycles. The number of aliphatic carboxylic acids is 1. The van der Waals surface area contributed by atoms with Crippen molar-refractivity contribution < 1.29 is 33.8 Å². The number of aliphatic hydroxyl groups is 1. The molecule has 0 aromatic carbocycles. The molecule has 12 heteroatoms. The summed E-state index contributed by atoms with van der Waals surface area (Å²) in [6.45, 7) is 4.93. The highest BCUT2D eigenvalue weighted by atomic mass is 16.5. The van der Waals surface area contributed by atoms with E-state index in [1.54, 1.807) is 6.26 Å². The molecule has 0 radical (unpaired) electrons. The second-order valence-corrected chi connectivity index (χ2v) is 15.4. The zero-order valence-electron chi connectivity index (χ0n) is 28.5. The van der Waals surface area contributed by atoms with E-state index < -0.39 is 17.6 Å². The lowest BCUT2D eigenvalue weighted by Gasteiger charge is -2.63. The minimum Gasteiger partial charge on any atom is -0.480 e. The Kier molecular flexibility index (Phi) is 10.9. The number of ether oxygens (including phenoxy) is 1. The number of hydrogen-bond acceptors (Lipinski definition) is 8. The summed E-state index contributed by atoms with van der Waals surface area (Å²) in [6.07, 6.45) is 11.6. The molecule has 4 fully saturated rings. The zero-order chi connectivity index (χ0) is 34.7. The average molecular weight is 671 g/mol. The van der Waals surface area contributed by atoms with E-state index >= 15 is 0 Å². The highest BCUT2D eigenvalue weighted by Crippen LogP contribution is 2.70. The molecule has 0 saturated heterocycles. The molecule has 9 atom stereocenters. The maximum atomic E-state index is 12.8. The topological polar surface area (TPSA) is 208 Å². The van der Waals surface area contributed by atoms with E-state index in [1.807, 2.05) is 6.07 Å². The van der Waals surface area contributed by atoms with Gasteiger partial charge in [-0.3, -0.25) is 14.6 Å². The summed E-state index contributed by atoms with van der Waals surface area (Å²) in [6, 6.07) is 2.34. The second-order valence-electron chi connectivity index (χ2n) is 15.4. The van der Waals surface area contributed by atoms with E-state index in [0.717, 1.165) is 63.4 Å². The van der Waals surface area contributed by atoms with Crippen LogP contribution in [0.25, 0.3) is 0 Å². The SMILES string of the molecule is C[C@]12CC[C@H](OC(=O)CCCCC(=O)N[C@@H](CCCN=C(N)N)C(=O)O)C[C@H]1CC[C@@H]1[C@@H]2CC[C@]2(C)[C@H](c3ccc(=O)oc3)CC[C@]12O. The number of aliphatic imine (C=N–C) groups is 1. The molecule has 4 aliphatic rings. The van der Waals surface area contributed by atoms with Crippen LogP contribution in [0.15, 0.2) is 32.6 Å². The molecule has 12 nitrogen and oxygen atoms in total. The van der Waals surface area contributed by atoms with Crippen molar-refractivity contribution in [2.75, 3.05) is 6.54 Å². The third-order valence-corrected chi connectivity index (χ3v) is 12.8. The quantitative estimate of drug-likeness (QED) is 0.0883. The van der Waals surface area contributed by atoms with Gasteiger partial charge in [0.2, 0.25) is 5.91 Å². The van der Waals surface area contributed by atoms with Crippen molar-refractivity contribution in [2.45, 2.75) is 134 Å². The first kappa shape index (κ1) is 35.9. The molecule has 4 saturated carbocycles. The number of amides is 1. The lowest BCUT2D eigenvalue weighted by Crippen LogP contribution is -2.62. The minimum atomic E-state index is -1.11. The van der Waals surface area contributed by atoms with Gasteiger partial charge in [-0.1, -0.05) is 13.8 Å². The highest BCUT2D eigenvalue weighted by Gasteiger charge is 2.67. The Morgan fingerprint density at radius 1 is 1.02 bits per heavy atom. The zero-order valence-corrected chi connectivity index (χ0v) is 28.5. The van der Waals surface area contributed by atoms with Crippen LogP contribution < -0.4 is 22.4 Å². The van der Waals surface area contributed by atoms with E-state index in [4.69, 9.17) is 20.6 Å². The molecular weight excluding hydrogens is 616 g/mol. The average Bonchev–Trinajstić information content (AvgIpc) is 3.32. The number of carboxylic acids is 1. The molecule has 1 aromatic heterocycles. The Bertz CT molecular complexity index is 1410. The van der Waals surface area contributed by atoms with Gasteiger partial charge < -0.3 is 36.2 Å². The van der Waals surface area contributed by atoms with E-state index in [0.29, 0.717) is 31.1 Å². The number of guanidine groups is 1. The summed E-state index contributed by atoms with van der Waals surface area (Å²) in [5.74, 6) is -0.547. The number of carboxylic acid groups (broad SMARTS) is 1. The molecule has 0 spiro atoms. The number of carbonyl (C=O) groups is 3. The summed E-state index contributed by atoms with van der Waals surface area (Å²) in [7, 11) is 0. The standard InChI is InChI=1S/C36H54N4O8/c1-34-16-13-24(48-31(43)8-4-3-7-29(41)40-28(32(44)45)6-5-19-39-33(37)38)20-23(34)10-11-27-26(34)14-17-35(2)25(15-18-36(27,35)46)22-9-12-30(42)47-21-22/h9,12,21,23-28,46H,3-8,10-11,13-20H2,1-2H3,(H,40,41)(H,44,45)(H4,37,38,39)/t23-,24+,25+,26+,27-,28+,34+,35-,36+/m1/s1. The summed E-state index contributed by atoms with van der Waals surface area (Å²) >= 11 is 0. The number of esters is 1. The lowest BCUT2D eigenvalue weighted by atomic mass is 9.43. The van der Waals surface area contributed by atoms with Crippen molar-refractivity contribution in [1.82, 2.24) is 5.32 Å². The molecule has 0 unspecified atom stereocenters. The van der Waals surface area contributed by atoms with Gasteiger partial charge in [0.25, 0.3) is 0 Å². The second kappa shape index (κ2) is 14.6. The number of rotatable bonds is 13. The first-order valence-corrected chi connectivity index (χ1v) is 17.8. The van der Waals surface area contributed by atoms with Gasteiger partial charge in [-0.25, -0.2) is 9.59 Å². The van der Waals surface area contributed by atoms with Crippen LogP contribution in [-0.2, 0) is 19.1 Å². The molecule has 0 aliphatic heterocycles. The van der Waals surface area contributed by atoms with Crippen LogP contribution in [0, 0.1) is 28.6 Å². The molecular formula is C36H54N4O8. The van der Waals surface area contributed by atoms with Crippen LogP contribution in [0.2, 0.25) is 0 Å². The number of fused-ring (bicyclic) bond motifs is 5. The third kappa shape index (κ3) is 7.28. The maximum absolute atomic E-state index is 12.8. The van der Waals surface area contributed by atoms with Crippen LogP contribution >= 0.6 is 0 Å². The van der Waals surface area contributed by atoms with Gasteiger partial charge in [-0.2, -0.15) is 0 Å². The van der Waals surface area contributed by atoms with Crippen molar-refractivity contribution in [2.24, 2.45) is 45.0 Å². The van der Waals surface area contributed by atoms with Crippen LogP contribution in [0.5, 0.6) is 0 Å². The normalized spacial score (nSPS) is 34.5. The minimum absolute atomic E-state index is 0.0618. The highest BCUT2D eigenvalue weighted by molar-refractivity contribution is 5.83. The van der Waals surface area contributed by atoms with Crippen LogP contribution in [0.3, 0.4) is 0 Å². The van der Waals surface area contributed by atoms with Gasteiger partial charge in [0.1, 0.15) is 12.1 Å². The van der Waals surface area contributed by atoms with Gasteiger partial charge in [-0.05, 0) is 124 Å². The largest absolute Gasteiger partial charge is 0.480 e. The maximum Gasteiger partial charge on any atom is 0.335 e. The Labute approximate surface area is 282 Å². The Balaban J connectivity index is 1.07. The van der Waals surface area contributed by atoms with Gasteiger partial charge in [0.15, 0.2) is 5.96 Å². The summed E-state index contributed by atoms with van der Waals surface area (Å²) < 4.78 is 11.2. The van der Waals surface area contributed by atoms with E-state index in [1.165, 1.54) is 6.07 Å². The van der Waals surface area contributed by atoms with Gasteiger partial charge >= 0.3 is 17.6 Å². The summed E-state index contributed by atoms with van der Waals surface area (Å²) in [4.78, 5) is 52.0. The van der Waals surface area contributed by atoms with Crippen molar-refractivity contribution in [1.29, 1.82) is 0 Å². The lowest BCUT2D eigenvalue weighted by molar-refractivity contribution is -0.207. The number of carbonyl (C=O) groups excluding carboxylic acids is 2. The first-order valence-electron chi connectivity index (χ1n) is 17.8. The predicted octanol–water partition coefficient (Wildman–Crippen LogP) is 3.98. The van der Waals surface area contributed by atoms with Crippen molar-refractivity contribution in [3.05, 3.63) is 34.4 Å². The number of unbranched alkanes of at least 4 members (excludes halogenated alkanes) is 1. The molecule has 48 heavy (non-hydrogen) atoms. The Morgan fingerprint density at radius 3 is 2.50 bits per heavy atom. The van der Waals surface area contributed by atoms with E-state index in [9.17, 15) is 29.4 Å². The molecule has 1 amide bonds. The monoisotopic (exact) mass is 670 g/mol. The number of nitrogens with two attached hydrogens (primary N) is 2. The Hall–Kier alpha value is -3.41. The number of nitrogens with zero attached hydrogens (tertiary/aromatic N) is 1. The molecule has 1 aromatic rings. The fourth-order valence-corrected chi connectivity index (χ4v) is 10.2. The van der Waals surface area contributed by atoms with E-state index in [2.05, 4.69) is 24.2 Å². The summed E-state index contributed by atoms with van der Waals surface area (Å²) in [5.41, 5.74) is 10.3. The van der Waals surface area contributed by atoms with Crippen LogP contribution in [0.4, 0.5) is 0 Å². The van der Waals surface area contributed by atoms with Gasteiger partial charge in [0.05, 0.1) is 11.9 Å². The third-order valence-electron chi connectivity index (χ3n) is 12.8. The van der Waals surface area contributed by atoms with Crippen LogP contribution in [-0.4, -0.2) is 58.3 Å². The van der Waals surface area contributed by atoms with Gasteiger partial charge in [0, 0.05) is 30.9 Å².